The number of anilines is 1. The molecule has 0 spiro atoms. The summed E-state index contributed by atoms with van der Waals surface area (Å²) in [5.41, 5.74) is 0.892. The van der Waals surface area contributed by atoms with E-state index in [2.05, 4.69) is 29.6 Å². The van der Waals surface area contributed by atoms with Crippen LogP contribution in [0.2, 0.25) is 0 Å². The molecule has 0 aromatic heterocycles. The Kier molecular flexibility index (Phi) is 4.96. The lowest BCUT2D eigenvalue weighted by Gasteiger charge is -2.12. The molecule has 0 saturated heterocycles. The summed E-state index contributed by atoms with van der Waals surface area (Å²) in [5, 5.41) is 3.06. The maximum absolute atomic E-state index is 12.2. The molecule has 3 rings (SSSR count). The van der Waals surface area contributed by atoms with Crippen molar-refractivity contribution >= 4 is 23.4 Å². The van der Waals surface area contributed by atoms with E-state index < -0.39 is 0 Å². The molecule has 1 atom stereocenters. The van der Waals surface area contributed by atoms with E-state index in [1.165, 1.54) is 4.90 Å². The van der Waals surface area contributed by atoms with E-state index in [1.54, 1.807) is 11.8 Å². The van der Waals surface area contributed by atoms with E-state index in [-0.39, 0.29) is 5.91 Å². The summed E-state index contributed by atoms with van der Waals surface area (Å²) in [5.74, 6) is 0.492. The quantitative estimate of drug-likeness (QED) is 0.775. The minimum Gasteiger partial charge on any atom is -0.325 e. The Morgan fingerprint density at radius 1 is 1.09 bits per heavy atom. The smallest absolute Gasteiger partial charge is 0.224 e. The topological polar surface area (TPSA) is 29.1 Å². The summed E-state index contributed by atoms with van der Waals surface area (Å²) in [4.78, 5) is 14.5. The lowest BCUT2D eigenvalue weighted by Crippen LogP contribution is -2.15. The molecule has 112 valence electrons. The Labute approximate surface area is 135 Å². The minimum atomic E-state index is 0.0951. The third-order valence-electron chi connectivity index (χ3n) is 3.69. The fourth-order valence-electron chi connectivity index (χ4n) is 2.58. The molecule has 2 aromatic carbocycles. The zero-order valence-electron chi connectivity index (χ0n) is 12.4. The number of benzene rings is 2. The van der Waals surface area contributed by atoms with Crippen LogP contribution in [0, 0.1) is 5.92 Å². The monoisotopic (exact) mass is 309 g/mol. The van der Waals surface area contributed by atoms with Crippen LogP contribution in [-0.4, -0.2) is 5.91 Å². The molecule has 0 aliphatic heterocycles. The van der Waals surface area contributed by atoms with Crippen LogP contribution in [0.3, 0.4) is 0 Å². The number of para-hydroxylation sites is 1. The van der Waals surface area contributed by atoms with Gasteiger partial charge in [0.1, 0.15) is 0 Å². The number of carbonyl (C=O) groups excluding carboxylic acids is 1. The SMILES string of the molecule is O=C(C[C@H]1C=CCC1)Nc1ccccc1Sc1ccccc1. The summed E-state index contributed by atoms with van der Waals surface area (Å²) < 4.78 is 0. The van der Waals surface area contributed by atoms with E-state index in [0.717, 1.165) is 23.4 Å². The Bertz CT molecular complexity index is 666. The van der Waals surface area contributed by atoms with Gasteiger partial charge in [0.15, 0.2) is 0 Å². The summed E-state index contributed by atoms with van der Waals surface area (Å²) >= 11 is 1.67. The number of hydrogen-bond acceptors (Lipinski definition) is 2. The molecule has 1 aliphatic carbocycles. The average Bonchev–Trinajstić information content (AvgIpc) is 3.03. The van der Waals surface area contributed by atoms with Gasteiger partial charge in [0.2, 0.25) is 5.91 Å². The third kappa shape index (κ3) is 4.01. The van der Waals surface area contributed by atoms with E-state index >= 15 is 0 Å². The number of rotatable bonds is 5. The molecule has 0 radical (unpaired) electrons. The predicted octanol–water partition coefficient (Wildman–Crippen LogP) is 5.13. The van der Waals surface area contributed by atoms with Crippen molar-refractivity contribution in [3.8, 4) is 0 Å². The second-order valence-corrected chi connectivity index (χ2v) is 6.54. The van der Waals surface area contributed by atoms with Gasteiger partial charge < -0.3 is 5.32 Å². The van der Waals surface area contributed by atoms with Gasteiger partial charge in [0, 0.05) is 16.2 Å². The van der Waals surface area contributed by atoms with Crippen LogP contribution in [0.5, 0.6) is 0 Å². The second kappa shape index (κ2) is 7.32. The fraction of sp³-hybridized carbons (Fsp3) is 0.211. The summed E-state index contributed by atoms with van der Waals surface area (Å²) in [6, 6.07) is 18.2. The number of hydrogen-bond donors (Lipinski definition) is 1. The number of carbonyl (C=O) groups is 1. The Morgan fingerprint density at radius 3 is 2.64 bits per heavy atom. The van der Waals surface area contributed by atoms with E-state index in [1.807, 2.05) is 42.5 Å². The van der Waals surface area contributed by atoms with Crippen LogP contribution in [0.25, 0.3) is 0 Å². The van der Waals surface area contributed by atoms with Gasteiger partial charge in [-0.05, 0) is 43.0 Å². The van der Waals surface area contributed by atoms with Crippen molar-refractivity contribution < 1.29 is 4.79 Å². The highest BCUT2D eigenvalue weighted by molar-refractivity contribution is 7.99. The minimum absolute atomic E-state index is 0.0951. The van der Waals surface area contributed by atoms with E-state index in [9.17, 15) is 4.79 Å². The van der Waals surface area contributed by atoms with Gasteiger partial charge in [-0.15, -0.1) is 0 Å². The first-order valence-corrected chi connectivity index (χ1v) is 8.41. The average molecular weight is 309 g/mol. The van der Waals surface area contributed by atoms with Gasteiger partial charge in [-0.1, -0.05) is 54.2 Å². The zero-order valence-corrected chi connectivity index (χ0v) is 13.2. The molecule has 0 bridgehead atoms. The molecule has 0 saturated carbocycles. The molecule has 0 heterocycles. The summed E-state index contributed by atoms with van der Waals surface area (Å²) in [6.07, 6.45) is 7.08. The molecule has 1 N–H and O–H groups in total. The van der Waals surface area contributed by atoms with Gasteiger partial charge in [-0.25, -0.2) is 0 Å². The van der Waals surface area contributed by atoms with Crippen molar-refractivity contribution in [1.29, 1.82) is 0 Å². The van der Waals surface area contributed by atoms with Crippen molar-refractivity contribution in [2.75, 3.05) is 5.32 Å². The van der Waals surface area contributed by atoms with Crippen LogP contribution < -0.4 is 5.32 Å². The first-order valence-electron chi connectivity index (χ1n) is 7.60. The lowest BCUT2D eigenvalue weighted by molar-refractivity contribution is -0.116. The molecule has 0 fully saturated rings. The fourth-order valence-corrected chi connectivity index (χ4v) is 3.50. The molecule has 0 unspecified atom stereocenters. The Morgan fingerprint density at radius 2 is 1.86 bits per heavy atom. The molecule has 22 heavy (non-hydrogen) atoms. The van der Waals surface area contributed by atoms with Crippen molar-refractivity contribution in [3.63, 3.8) is 0 Å². The highest BCUT2D eigenvalue weighted by Crippen LogP contribution is 2.33. The van der Waals surface area contributed by atoms with E-state index in [0.29, 0.717) is 12.3 Å². The van der Waals surface area contributed by atoms with Crippen molar-refractivity contribution in [3.05, 3.63) is 66.7 Å². The maximum atomic E-state index is 12.2. The predicted molar refractivity (Wildman–Crippen MR) is 92.1 cm³/mol. The van der Waals surface area contributed by atoms with Gasteiger partial charge in [-0.3, -0.25) is 4.79 Å². The first-order chi connectivity index (χ1) is 10.8. The van der Waals surface area contributed by atoms with Crippen LogP contribution in [0.4, 0.5) is 5.69 Å². The van der Waals surface area contributed by atoms with Crippen LogP contribution >= 0.6 is 11.8 Å². The largest absolute Gasteiger partial charge is 0.325 e. The molecule has 1 amide bonds. The zero-order chi connectivity index (χ0) is 15.2. The molecule has 2 nitrogen and oxygen atoms in total. The van der Waals surface area contributed by atoms with E-state index in [4.69, 9.17) is 0 Å². The third-order valence-corrected chi connectivity index (χ3v) is 4.78. The Balaban J connectivity index is 1.68. The highest BCUT2D eigenvalue weighted by atomic mass is 32.2. The second-order valence-electron chi connectivity index (χ2n) is 5.43. The molecular weight excluding hydrogens is 290 g/mol. The highest BCUT2D eigenvalue weighted by Gasteiger charge is 2.15. The standard InChI is InChI=1S/C19H19NOS/c21-19(14-15-8-4-5-9-15)20-17-12-6-7-13-18(17)22-16-10-2-1-3-11-16/h1-4,6-8,10-13,15H,5,9,14H2,(H,20,21)/t15-/m0/s1. The maximum Gasteiger partial charge on any atom is 0.224 e. The van der Waals surface area contributed by atoms with Crippen LogP contribution in [0.1, 0.15) is 19.3 Å². The van der Waals surface area contributed by atoms with Crippen molar-refractivity contribution in [2.45, 2.75) is 29.1 Å². The van der Waals surface area contributed by atoms with Gasteiger partial charge in [0.25, 0.3) is 0 Å². The van der Waals surface area contributed by atoms with Gasteiger partial charge >= 0.3 is 0 Å². The Hall–Kier alpha value is -2.00. The van der Waals surface area contributed by atoms with Gasteiger partial charge in [-0.2, -0.15) is 0 Å². The normalized spacial score (nSPS) is 16.6. The van der Waals surface area contributed by atoms with Gasteiger partial charge in [0.05, 0.1) is 5.69 Å². The summed E-state index contributed by atoms with van der Waals surface area (Å²) in [7, 11) is 0. The number of allylic oxidation sites excluding steroid dienone is 2. The number of amides is 1. The molecular formula is C19H19NOS. The molecule has 1 aliphatic rings. The number of nitrogens with one attached hydrogen (secondary N) is 1. The molecule has 3 heteroatoms. The van der Waals surface area contributed by atoms with Crippen LogP contribution in [0.15, 0.2) is 76.5 Å². The van der Waals surface area contributed by atoms with Crippen molar-refractivity contribution in [1.82, 2.24) is 0 Å². The summed E-state index contributed by atoms with van der Waals surface area (Å²) in [6.45, 7) is 0. The lowest BCUT2D eigenvalue weighted by atomic mass is 10.1. The first kappa shape index (κ1) is 14.9. The van der Waals surface area contributed by atoms with Crippen LogP contribution in [-0.2, 0) is 4.79 Å². The van der Waals surface area contributed by atoms with Crippen molar-refractivity contribution in [2.24, 2.45) is 5.92 Å². The molecule has 2 aromatic rings.